The smallest absolute Gasteiger partial charge is 0.139 e. The Morgan fingerprint density at radius 1 is 1.18 bits per heavy atom. The number of aliphatic hydroxyl groups is 1. The number of aliphatic hydroxyl groups excluding tert-OH is 1. The average molecular weight is 300 g/mol. The molecule has 0 aromatic carbocycles. The number of rotatable bonds is 0. The number of hydrogen-bond acceptors (Lipinski definition) is 3. The van der Waals surface area contributed by atoms with Crippen molar-refractivity contribution >= 4 is 11.6 Å². The van der Waals surface area contributed by atoms with E-state index in [-0.39, 0.29) is 23.0 Å². The number of allylic oxidation sites excluding steroid dienone is 3. The second-order valence-corrected chi connectivity index (χ2v) is 8.25. The zero-order chi connectivity index (χ0) is 15.7. The first-order valence-electron chi connectivity index (χ1n) is 8.52. The van der Waals surface area contributed by atoms with Crippen LogP contribution in [-0.2, 0) is 9.59 Å². The molecule has 6 atom stereocenters. The van der Waals surface area contributed by atoms with Gasteiger partial charge in [-0.2, -0.15) is 0 Å². The summed E-state index contributed by atoms with van der Waals surface area (Å²) in [7, 11) is 0. The fraction of sp³-hybridized carbons (Fsp3) is 0.684. The summed E-state index contributed by atoms with van der Waals surface area (Å²) in [6.45, 7) is 4.20. The molecule has 0 unspecified atom stereocenters. The Hall–Kier alpha value is -1.38. The summed E-state index contributed by atoms with van der Waals surface area (Å²) < 4.78 is 0. The van der Waals surface area contributed by atoms with Crippen LogP contribution >= 0.6 is 0 Å². The normalized spacial score (nSPS) is 50.2. The van der Waals surface area contributed by atoms with Crippen LogP contribution in [0.4, 0.5) is 0 Å². The van der Waals surface area contributed by atoms with Crippen molar-refractivity contribution < 1.29 is 14.7 Å². The number of hydrogen-bond donors (Lipinski definition) is 1. The highest BCUT2D eigenvalue weighted by Gasteiger charge is 2.62. The van der Waals surface area contributed by atoms with Gasteiger partial charge in [-0.15, -0.1) is 0 Å². The molecule has 4 aliphatic carbocycles. The standard InChI is InChI=1S/C19H24O3/c1-18-8-7-12(20)9-11(18)3-4-13-14-5-6-16(22)19(14,2)10-15(21)17(13)18/h7-9,11,13-14,17,20H,3-6,10H2,1-2H3/t11-,13+,14+,17-,18-,19-/m0/s1. The molecule has 3 nitrogen and oxygen atoms in total. The largest absolute Gasteiger partial charge is 0.508 e. The first kappa shape index (κ1) is 14.2. The number of Topliss-reactive ketones (excluding diaryl/α,β-unsaturated/α-hetero) is 2. The molecule has 3 heteroatoms. The summed E-state index contributed by atoms with van der Waals surface area (Å²) in [6.07, 6.45) is 9.76. The molecule has 0 radical (unpaired) electrons. The van der Waals surface area contributed by atoms with Crippen LogP contribution in [0.25, 0.3) is 0 Å². The van der Waals surface area contributed by atoms with Gasteiger partial charge in [-0.3, -0.25) is 9.59 Å². The third-order valence-electron chi connectivity index (χ3n) is 7.24. The maximum Gasteiger partial charge on any atom is 0.139 e. The summed E-state index contributed by atoms with van der Waals surface area (Å²) in [5.41, 5.74) is -0.600. The molecular formula is C19H24O3. The Morgan fingerprint density at radius 3 is 2.73 bits per heavy atom. The van der Waals surface area contributed by atoms with E-state index in [4.69, 9.17) is 0 Å². The van der Waals surface area contributed by atoms with E-state index in [2.05, 4.69) is 13.0 Å². The molecule has 1 N–H and O–H groups in total. The molecule has 4 rings (SSSR count). The third-order valence-corrected chi connectivity index (χ3v) is 7.24. The number of ketones is 2. The van der Waals surface area contributed by atoms with Gasteiger partial charge in [0.15, 0.2) is 0 Å². The van der Waals surface area contributed by atoms with Crippen LogP contribution in [0, 0.1) is 34.5 Å². The van der Waals surface area contributed by atoms with Gasteiger partial charge in [-0.25, -0.2) is 0 Å². The molecule has 0 aromatic heterocycles. The lowest BCUT2D eigenvalue weighted by molar-refractivity contribution is -0.151. The van der Waals surface area contributed by atoms with Crippen LogP contribution < -0.4 is 0 Å². The highest BCUT2D eigenvalue weighted by molar-refractivity contribution is 5.95. The van der Waals surface area contributed by atoms with Gasteiger partial charge in [-0.1, -0.05) is 19.9 Å². The Bertz CT molecular complexity index is 616. The van der Waals surface area contributed by atoms with Crippen molar-refractivity contribution in [3.63, 3.8) is 0 Å². The third kappa shape index (κ3) is 1.63. The van der Waals surface area contributed by atoms with Gasteiger partial charge in [0.25, 0.3) is 0 Å². The van der Waals surface area contributed by atoms with Gasteiger partial charge in [0, 0.05) is 29.6 Å². The van der Waals surface area contributed by atoms with Gasteiger partial charge in [-0.05, 0) is 49.2 Å². The SMILES string of the molecule is C[C@]12C=CC(O)=C[C@@H]1CC[C@H]1[C@H]2C(=O)C[C@]2(C)C(=O)CC[C@H]12. The zero-order valence-electron chi connectivity index (χ0n) is 13.3. The van der Waals surface area contributed by atoms with Crippen molar-refractivity contribution in [2.45, 2.75) is 46.0 Å². The molecular weight excluding hydrogens is 276 g/mol. The number of carbonyl (C=O) groups excluding carboxylic acids is 2. The molecule has 118 valence electrons. The molecule has 0 bridgehead atoms. The van der Waals surface area contributed by atoms with Crippen LogP contribution in [0.3, 0.4) is 0 Å². The zero-order valence-corrected chi connectivity index (χ0v) is 13.3. The Kier molecular flexibility index (Phi) is 2.80. The summed E-state index contributed by atoms with van der Waals surface area (Å²) in [5.74, 6) is 1.84. The van der Waals surface area contributed by atoms with E-state index in [9.17, 15) is 14.7 Å². The molecule has 0 spiro atoms. The summed E-state index contributed by atoms with van der Waals surface area (Å²) in [6, 6.07) is 0. The first-order valence-corrected chi connectivity index (χ1v) is 8.52. The van der Waals surface area contributed by atoms with Crippen molar-refractivity contribution in [1.29, 1.82) is 0 Å². The van der Waals surface area contributed by atoms with Crippen LogP contribution in [0.1, 0.15) is 46.0 Å². The van der Waals surface area contributed by atoms with E-state index in [1.54, 1.807) is 6.08 Å². The van der Waals surface area contributed by atoms with Gasteiger partial charge < -0.3 is 5.11 Å². The monoisotopic (exact) mass is 300 g/mol. The average Bonchev–Trinajstić information content (AvgIpc) is 2.75. The van der Waals surface area contributed by atoms with E-state index in [1.807, 2.05) is 13.0 Å². The van der Waals surface area contributed by atoms with Gasteiger partial charge in [0.2, 0.25) is 0 Å². The molecule has 22 heavy (non-hydrogen) atoms. The maximum absolute atomic E-state index is 13.0. The minimum Gasteiger partial charge on any atom is -0.508 e. The quantitative estimate of drug-likeness (QED) is 0.743. The van der Waals surface area contributed by atoms with Gasteiger partial charge in [0.05, 0.1) is 0 Å². The van der Waals surface area contributed by atoms with Crippen molar-refractivity contribution in [1.82, 2.24) is 0 Å². The van der Waals surface area contributed by atoms with Crippen LogP contribution in [0.15, 0.2) is 24.0 Å². The van der Waals surface area contributed by atoms with Crippen molar-refractivity contribution in [3.8, 4) is 0 Å². The number of carbonyl (C=O) groups is 2. The lowest BCUT2D eigenvalue weighted by Crippen LogP contribution is -2.55. The topological polar surface area (TPSA) is 54.4 Å². The van der Waals surface area contributed by atoms with Crippen molar-refractivity contribution in [2.24, 2.45) is 34.5 Å². The predicted octanol–water partition coefficient (Wildman–Crippen LogP) is 3.61. The highest BCUT2D eigenvalue weighted by atomic mass is 16.3. The molecule has 4 aliphatic rings. The fourth-order valence-electron chi connectivity index (χ4n) is 6.06. The molecule has 0 heterocycles. The number of fused-ring (bicyclic) bond motifs is 5. The van der Waals surface area contributed by atoms with Gasteiger partial charge >= 0.3 is 0 Å². The second-order valence-electron chi connectivity index (χ2n) is 8.25. The van der Waals surface area contributed by atoms with E-state index in [0.29, 0.717) is 36.2 Å². The van der Waals surface area contributed by atoms with E-state index >= 15 is 0 Å². The minimum absolute atomic E-state index is 0.0100. The molecule has 0 aromatic rings. The lowest BCUT2D eigenvalue weighted by atomic mass is 9.47. The van der Waals surface area contributed by atoms with E-state index in [0.717, 1.165) is 19.3 Å². The van der Waals surface area contributed by atoms with E-state index in [1.165, 1.54) is 0 Å². The Labute approximate surface area is 131 Å². The molecule has 0 saturated heterocycles. The van der Waals surface area contributed by atoms with Crippen LogP contribution in [0.5, 0.6) is 0 Å². The molecule has 3 saturated carbocycles. The van der Waals surface area contributed by atoms with Gasteiger partial charge in [0.1, 0.15) is 17.3 Å². The lowest BCUT2D eigenvalue weighted by Gasteiger charge is -2.56. The first-order chi connectivity index (χ1) is 10.4. The van der Waals surface area contributed by atoms with Crippen molar-refractivity contribution in [3.05, 3.63) is 24.0 Å². The summed E-state index contributed by atoms with van der Waals surface area (Å²) in [5, 5.41) is 9.80. The fourth-order valence-corrected chi connectivity index (χ4v) is 6.06. The van der Waals surface area contributed by atoms with Crippen molar-refractivity contribution in [2.75, 3.05) is 0 Å². The molecule has 0 aliphatic heterocycles. The molecule has 0 amide bonds. The maximum atomic E-state index is 13.0. The summed E-state index contributed by atoms with van der Waals surface area (Å²) in [4.78, 5) is 25.3. The summed E-state index contributed by atoms with van der Waals surface area (Å²) >= 11 is 0. The Morgan fingerprint density at radius 2 is 1.95 bits per heavy atom. The van der Waals surface area contributed by atoms with Crippen LogP contribution in [0.2, 0.25) is 0 Å². The predicted molar refractivity (Wildman–Crippen MR) is 83.1 cm³/mol. The van der Waals surface area contributed by atoms with Crippen LogP contribution in [-0.4, -0.2) is 16.7 Å². The van der Waals surface area contributed by atoms with E-state index < -0.39 is 5.41 Å². The second kappa shape index (κ2) is 4.33. The Balaban J connectivity index is 1.76. The minimum atomic E-state index is -0.405. The highest BCUT2D eigenvalue weighted by Crippen LogP contribution is 2.62. The molecule has 3 fully saturated rings.